The Morgan fingerprint density at radius 1 is 1.35 bits per heavy atom. The third-order valence-corrected chi connectivity index (χ3v) is 2.49. The van der Waals surface area contributed by atoms with Gasteiger partial charge in [0.05, 0.1) is 11.3 Å². The minimum atomic E-state index is 0.288. The van der Waals surface area contributed by atoms with E-state index in [4.69, 9.17) is 15.7 Å². The van der Waals surface area contributed by atoms with Crippen LogP contribution in [0, 0.1) is 11.3 Å². The molecular formula is C12H8BrN3O. The Morgan fingerprint density at radius 3 is 2.82 bits per heavy atom. The van der Waals surface area contributed by atoms with E-state index in [1.54, 1.807) is 36.5 Å². The fourth-order valence-electron chi connectivity index (χ4n) is 1.28. The van der Waals surface area contributed by atoms with Crippen LogP contribution in [0.3, 0.4) is 0 Å². The number of hydrogen-bond donors (Lipinski definition) is 1. The third-order valence-electron chi connectivity index (χ3n) is 2.06. The maximum Gasteiger partial charge on any atom is 0.242 e. The number of nitrogen functional groups attached to an aromatic ring is 1. The van der Waals surface area contributed by atoms with Gasteiger partial charge in [-0.05, 0) is 34.1 Å². The van der Waals surface area contributed by atoms with E-state index >= 15 is 0 Å². The summed E-state index contributed by atoms with van der Waals surface area (Å²) in [5, 5.41) is 8.92. The number of aromatic nitrogens is 1. The summed E-state index contributed by atoms with van der Waals surface area (Å²) >= 11 is 3.26. The summed E-state index contributed by atoms with van der Waals surface area (Å²) in [7, 11) is 0. The molecule has 0 bridgehead atoms. The van der Waals surface area contributed by atoms with Gasteiger partial charge in [0.25, 0.3) is 0 Å². The second-order valence-electron chi connectivity index (χ2n) is 3.26. The van der Waals surface area contributed by atoms with Crippen molar-refractivity contribution in [2.45, 2.75) is 0 Å². The van der Waals surface area contributed by atoms with Gasteiger partial charge in [-0.15, -0.1) is 0 Å². The zero-order valence-corrected chi connectivity index (χ0v) is 10.3. The van der Waals surface area contributed by atoms with Gasteiger partial charge in [0, 0.05) is 10.7 Å². The Balaban J connectivity index is 2.35. The summed E-state index contributed by atoms with van der Waals surface area (Å²) < 4.78 is 6.28. The number of ether oxygens (including phenoxy) is 1. The number of pyridine rings is 1. The number of nitrogens with two attached hydrogens (primary N) is 1. The van der Waals surface area contributed by atoms with Crippen LogP contribution in [0.25, 0.3) is 0 Å². The van der Waals surface area contributed by atoms with Crippen LogP contribution in [-0.4, -0.2) is 4.98 Å². The molecule has 0 aliphatic carbocycles. The lowest BCUT2D eigenvalue weighted by atomic mass is 10.2. The quantitative estimate of drug-likeness (QED) is 0.922. The van der Waals surface area contributed by atoms with Gasteiger partial charge in [0.15, 0.2) is 0 Å². The minimum absolute atomic E-state index is 0.288. The van der Waals surface area contributed by atoms with Gasteiger partial charge in [-0.25, -0.2) is 4.98 Å². The van der Waals surface area contributed by atoms with Gasteiger partial charge in [-0.2, -0.15) is 5.26 Å². The van der Waals surface area contributed by atoms with Gasteiger partial charge in [0.1, 0.15) is 11.8 Å². The highest BCUT2D eigenvalue weighted by Crippen LogP contribution is 2.28. The molecule has 5 heteroatoms. The minimum Gasteiger partial charge on any atom is -0.436 e. The molecule has 17 heavy (non-hydrogen) atoms. The normalized spacial score (nSPS) is 9.65. The largest absolute Gasteiger partial charge is 0.436 e. The molecule has 0 radical (unpaired) electrons. The third kappa shape index (κ3) is 2.55. The zero-order valence-electron chi connectivity index (χ0n) is 8.72. The molecule has 0 atom stereocenters. The maximum absolute atomic E-state index is 8.92. The Hall–Kier alpha value is -2.06. The highest BCUT2D eigenvalue weighted by atomic mass is 79.9. The van der Waals surface area contributed by atoms with E-state index < -0.39 is 0 Å². The smallest absolute Gasteiger partial charge is 0.242 e. The molecule has 0 saturated carbocycles. The van der Waals surface area contributed by atoms with Crippen molar-refractivity contribution in [3.63, 3.8) is 0 Å². The highest BCUT2D eigenvalue weighted by Gasteiger charge is 2.07. The number of benzene rings is 1. The van der Waals surface area contributed by atoms with Crippen LogP contribution in [0.5, 0.6) is 11.6 Å². The molecule has 0 fully saturated rings. The molecule has 2 aromatic rings. The number of halogens is 1. The van der Waals surface area contributed by atoms with Crippen molar-refractivity contribution in [3.8, 4) is 17.7 Å². The van der Waals surface area contributed by atoms with E-state index in [0.717, 1.165) is 4.47 Å². The van der Waals surface area contributed by atoms with Gasteiger partial charge in [-0.1, -0.05) is 12.1 Å². The van der Waals surface area contributed by atoms with E-state index in [2.05, 4.69) is 20.9 Å². The van der Waals surface area contributed by atoms with Crippen molar-refractivity contribution < 1.29 is 4.74 Å². The van der Waals surface area contributed by atoms with Crippen molar-refractivity contribution in [1.82, 2.24) is 4.98 Å². The lowest BCUT2D eigenvalue weighted by Gasteiger charge is -2.08. The first-order chi connectivity index (χ1) is 8.20. The van der Waals surface area contributed by atoms with Crippen LogP contribution in [0.15, 0.2) is 41.0 Å². The molecule has 1 aromatic heterocycles. The van der Waals surface area contributed by atoms with Crippen LogP contribution in [0.1, 0.15) is 5.56 Å². The molecule has 84 valence electrons. The molecule has 2 rings (SSSR count). The topological polar surface area (TPSA) is 71.9 Å². The highest BCUT2D eigenvalue weighted by molar-refractivity contribution is 9.10. The lowest BCUT2D eigenvalue weighted by molar-refractivity contribution is 0.464. The molecule has 0 spiro atoms. The first-order valence-electron chi connectivity index (χ1n) is 4.78. The number of nitriles is 1. The predicted octanol–water partition coefficient (Wildman–Crippen LogP) is 3.09. The Morgan fingerprint density at radius 2 is 2.12 bits per heavy atom. The van der Waals surface area contributed by atoms with Crippen molar-refractivity contribution in [2.75, 3.05) is 5.73 Å². The van der Waals surface area contributed by atoms with E-state index in [0.29, 0.717) is 17.0 Å². The summed E-state index contributed by atoms with van der Waals surface area (Å²) in [6.45, 7) is 0. The van der Waals surface area contributed by atoms with E-state index in [-0.39, 0.29) is 5.88 Å². The number of hydrogen-bond acceptors (Lipinski definition) is 4. The summed E-state index contributed by atoms with van der Waals surface area (Å²) in [4.78, 5) is 4.04. The summed E-state index contributed by atoms with van der Waals surface area (Å²) in [5.41, 5.74) is 6.61. The zero-order chi connectivity index (χ0) is 12.3. The molecule has 1 heterocycles. The molecule has 4 nitrogen and oxygen atoms in total. The fourth-order valence-corrected chi connectivity index (χ4v) is 1.63. The monoisotopic (exact) mass is 289 g/mol. The summed E-state index contributed by atoms with van der Waals surface area (Å²) in [6.07, 6.45) is 1.58. The molecule has 2 N–H and O–H groups in total. The van der Waals surface area contributed by atoms with Crippen LogP contribution >= 0.6 is 15.9 Å². The van der Waals surface area contributed by atoms with E-state index in [1.807, 2.05) is 6.07 Å². The molecule has 0 saturated heterocycles. The molecule has 0 amide bonds. The predicted molar refractivity (Wildman–Crippen MR) is 67.6 cm³/mol. The number of anilines is 1. The van der Waals surface area contributed by atoms with E-state index in [1.165, 1.54) is 0 Å². The summed E-state index contributed by atoms with van der Waals surface area (Å²) in [5.74, 6) is 0.729. The lowest BCUT2D eigenvalue weighted by Crippen LogP contribution is -1.96. The van der Waals surface area contributed by atoms with Crippen LogP contribution in [-0.2, 0) is 0 Å². The van der Waals surface area contributed by atoms with Crippen molar-refractivity contribution in [3.05, 3.63) is 46.6 Å². The van der Waals surface area contributed by atoms with Crippen molar-refractivity contribution in [1.29, 1.82) is 5.26 Å². The Bertz CT molecular complexity index is 593. The molecule has 1 aromatic carbocycles. The average Bonchev–Trinajstić information content (AvgIpc) is 2.33. The van der Waals surface area contributed by atoms with Crippen LogP contribution in [0.4, 0.5) is 5.69 Å². The van der Waals surface area contributed by atoms with Crippen molar-refractivity contribution >= 4 is 21.6 Å². The first-order valence-corrected chi connectivity index (χ1v) is 5.58. The summed E-state index contributed by atoms with van der Waals surface area (Å²) in [6, 6.07) is 10.7. The average molecular weight is 290 g/mol. The standard InChI is InChI=1S/C12H8BrN3O/c13-9-5-10(15)12(16-7-9)17-11-4-2-1-3-8(11)6-14/h1-5,7H,15H2. The Kier molecular flexibility index (Phi) is 3.26. The number of rotatable bonds is 2. The first kappa shape index (κ1) is 11.4. The second kappa shape index (κ2) is 4.85. The Labute approximate surface area is 107 Å². The number of para-hydroxylation sites is 1. The molecule has 0 aliphatic heterocycles. The van der Waals surface area contributed by atoms with Gasteiger partial charge >= 0.3 is 0 Å². The fraction of sp³-hybridized carbons (Fsp3) is 0. The molecule has 0 unspecified atom stereocenters. The van der Waals surface area contributed by atoms with Gasteiger partial charge in [0.2, 0.25) is 5.88 Å². The van der Waals surface area contributed by atoms with Gasteiger partial charge in [-0.3, -0.25) is 0 Å². The van der Waals surface area contributed by atoms with Crippen LogP contribution < -0.4 is 10.5 Å². The van der Waals surface area contributed by atoms with Gasteiger partial charge < -0.3 is 10.5 Å². The second-order valence-corrected chi connectivity index (χ2v) is 4.17. The van der Waals surface area contributed by atoms with Crippen molar-refractivity contribution in [2.24, 2.45) is 0 Å². The maximum atomic E-state index is 8.92. The number of nitrogens with zero attached hydrogens (tertiary/aromatic N) is 2. The molecular weight excluding hydrogens is 282 g/mol. The molecule has 0 aliphatic rings. The van der Waals surface area contributed by atoms with E-state index in [9.17, 15) is 0 Å². The SMILES string of the molecule is N#Cc1ccccc1Oc1ncc(Br)cc1N. The van der Waals surface area contributed by atoms with Crippen LogP contribution in [0.2, 0.25) is 0 Å².